The van der Waals surface area contributed by atoms with Crippen LogP contribution in [-0.4, -0.2) is 65.3 Å². The van der Waals surface area contributed by atoms with Crippen molar-refractivity contribution in [1.29, 1.82) is 0 Å². The lowest BCUT2D eigenvalue weighted by Gasteiger charge is -2.27. The Balaban J connectivity index is 5.39. The molecule has 0 rings (SSSR count). The first kappa shape index (κ1) is 35.2. The predicted octanol–water partition coefficient (Wildman–Crippen LogP) is 3.52. The van der Waals surface area contributed by atoms with Crippen LogP contribution in [0.25, 0.3) is 0 Å². The van der Waals surface area contributed by atoms with Crippen molar-refractivity contribution in [2.45, 2.75) is 137 Å². The molecule has 0 bridgehead atoms. The van der Waals surface area contributed by atoms with Gasteiger partial charge in [0.2, 0.25) is 5.91 Å². The van der Waals surface area contributed by atoms with Crippen molar-refractivity contribution < 1.29 is 38.2 Å². The Bertz CT molecular complexity index is 807. The predicted molar refractivity (Wildman–Crippen MR) is 143 cm³/mol. The zero-order valence-electron chi connectivity index (χ0n) is 24.9. The number of amides is 3. The number of urea groups is 1. The molecule has 0 aromatic rings. The summed E-state index contributed by atoms with van der Waals surface area (Å²) in [5.41, 5.74) is -2.27. The first-order valence-corrected chi connectivity index (χ1v) is 13.2. The number of esters is 3. The zero-order chi connectivity index (χ0) is 29.7. The number of hydrogen-bond acceptors (Lipinski definition) is 8. The summed E-state index contributed by atoms with van der Waals surface area (Å²) in [6.07, 6.45) is 1.60. The topological polar surface area (TPSA) is 149 Å². The number of ether oxygens (including phenoxy) is 3. The maximum absolute atomic E-state index is 12.9. The molecule has 0 aromatic heterocycles. The lowest BCUT2D eigenvalue weighted by atomic mass is 10.1. The summed E-state index contributed by atoms with van der Waals surface area (Å²) in [5.74, 6) is -1.91. The van der Waals surface area contributed by atoms with Gasteiger partial charge in [-0.3, -0.25) is 9.59 Å². The second-order valence-electron chi connectivity index (χ2n) is 12.1. The SMILES string of the molecule is CCC(=O)NCCCC[C@H](NC(=O)N[C@@H](CCC(=O)OC(C)(C)C)C(=O)OC(C)(C)C)C(=O)OC(C)(C)C. The highest BCUT2D eigenvalue weighted by molar-refractivity contribution is 5.87. The van der Waals surface area contributed by atoms with Gasteiger partial charge in [-0.15, -0.1) is 0 Å². The Morgan fingerprint density at radius 1 is 0.658 bits per heavy atom. The fourth-order valence-corrected chi connectivity index (χ4v) is 3.08. The molecule has 11 nitrogen and oxygen atoms in total. The summed E-state index contributed by atoms with van der Waals surface area (Å²) in [6.45, 7) is 17.6. The maximum Gasteiger partial charge on any atom is 0.329 e. The van der Waals surface area contributed by atoms with Gasteiger partial charge in [0, 0.05) is 19.4 Å². The van der Waals surface area contributed by atoms with E-state index in [1.807, 2.05) is 0 Å². The average molecular weight is 544 g/mol. The molecule has 220 valence electrons. The smallest absolute Gasteiger partial charge is 0.329 e. The van der Waals surface area contributed by atoms with Crippen LogP contribution in [0.3, 0.4) is 0 Å². The van der Waals surface area contributed by atoms with E-state index >= 15 is 0 Å². The Hall–Kier alpha value is -2.85. The van der Waals surface area contributed by atoms with Crippen LogP contribution >= 0.6 is 0 Å². The first-order valence-electron chi connectivity index (χ1n) is 13.2. The average Bonchev–Trinajstić information content (AvgIpc) is 2.71. The molecule has 0 heterocycles. The fourth-order valence-electron chi connectivity index (χ4n) is 3.08. The molecule has 11 heteroatoms. The number of nitrogens with one attached hydrogen (secondary N) is 3. The molecule has 0 spiro atoms. The van der Waals surface area contributed by atoms with Crippen LogP contribution in [0, 0.1) is 0 Å². The third-order valence-electron chi connectivity index (χ3n) is 4.61. The van der Waals surface area contributed by atoms with Gasteiger partial charge < -0.3 is 30.2 Å². The van der Waals surface area contributed by atoms with E-state index in [1.54, 1.807) is 69.2 Å². The lowest BCUT2D eigenvalue weighted by molar-refractivity contribution is -0.159. The molecule has 38 heavy (non-hydrogen) atoms. The lowest BCUT2D eigenvalue weighted by Crippen LogP contribution is -2.53. The van der Waals surface area contributed by atoms with Crippen molar-refractivity contribution in [3.63, 3.8) is 0 Å². The van der Waals surface area contributed by atoms with Crippen molar-refractivity contribution in [3.05, 3.63) is 0 Å². The normalized spacial score (nSPS) is 13.5. The summed E-state index contributed by atoms with van der Waals surface area (Å²) in [6, 6.07) is -2.91. The van der Waals surface area contributed by atoms with E-state index < -0.39 is 52.8 Å². The minimum absolute atomic E-state index is 0.0501. The number of rotatable bonds is 13. The third kappa shape index (κ3) is 18.4. The van der Waals surface area contributed by atoms with Crippen LogP contribution in [0.4, 0.5) is 4.79 Å². The molecule has 0 aromatic carbocycles. The minimum atomic E-state index is -1.15. The van der Waals surface area contributed by atoms with Gasteiger partial charge in [0.1, 0.15) is 28.9 Å². The van der Waals surface area contributed by atoms with Crippen LogP contribution in [0.1, 0.15) is 108 Å². The molecule has 0 aliphatic carbocycles. The van der Waals surface area contributed by atoms with E-state index in [0.29, 0.717) is 25.8 Å². The highest BCUT2D eigenvalue weighted by Crippen LogP contribution is 2.15. The van der Waals surface area contributed by atoms with Gasteiger partial charge >= 0.3 is 23.9 Å². The van der Waals surface area contributed by atoms with Gasteiger partial charge in [0.25, 0.3) is 0 Å². The van der Waals surface area contributed by atoms with E-state index in [-0.39, 0.29) is 25.2 Å². The molecule has 0 saturated carbocycles. The van der Waals surface area contributed by atoms with E-state index in [2.05, 4.69) is 16.0 Å². The van der Waals surface area contributed by atoms with Crippen molar-refractivity contribution >= 4 is 29.8 Å². The number of carbonyl (C=O) groups is 5. The molecular weight excluding hydrogens is 494 g/mol. The van der Waals surface area contributed by atoms with Crippen molar-refractivity contribution in [1.82, 2.24) is 16.0 Å². The number of carbonyl (C=O) groups excluding carboxylic acids is 5. The van der Waals surface area contributed by atoms with Gasteiger partial charge in [-0.05, 0) is 88.0 Å². The van der Waals surface area contributed by atoms with Gasteiger partial charge in [-0.25, -0.2) is 14.4 Å². The van der Waals surface area contributed by atoms with E-state index in [9.17, 15) is 24.0 Å². The quantitative estimate of drug-likeness (QED) is 0.181. The zero-order valence-corrected chi connectivity index (χ0v) is 24.9. The maximum atomic E-state index is 12.9. The summed E-state index contributed by atoms with van der Waals surface area (Å²) in [4.78, 5) is 62.1. The molecule has 0 aliphatic heterocycles. The monoisotopic (exact) mass is 543 g/mol. The van der Waals surface area contributed by atoms with Gasteiger partial charge in [0.15, 0.2) is 0 Å². The Labute approximate surface area is 227 Å². The fraction of sp³-hybridized carbons (Fsp3) is 0.815. The molecule has 0 aliphatic rings. The Morgan fingerprint density at radius 3 is 1.53 bits per heavy atom. The molecular formula is C27H49N3O8. The van der Waals surface area contributed by atoms with Gasteiger partial charge in [-0.1, -0.05) is 6.92 Å². The molecule has 0 saturated heterocycles. The standard InChI is InChI=1S/C27H49N3O8/c1-11-20(31)28-17-13-12-14-18(22(33)37-26(5,6)7)29-24(35)30-19(23(34)38-27(8,9)10)15-16-21(32)36-25(2,3)4/h18-19H,11-17H2,1-10H3,(H,28,31)(H2,29,30,35)/t18-,19-/m0/s1. The molecule has 3 N–H and O–H groups in total. The van der Waals surface area contributed by atoms with Crippen molar-refractivity contribution in [3.8, 4) is 0 Å². The summed E-state index contributed by atoms with van der Waals surface area (Å²) < 4.78 is 16.2. The Morgan fingerprint density at radius 2 is 1.11 bits per heavy atom. The summed E-state index contributed by atoms with van der Waals surface area (Å²) in [5, 5.41) is 7.89. The second-order valence-corrected chi connectivity index (χ2v) is 12.1. The van der Waals surface area contributed by atoms with Crippen LogP contribution < -0.4 is 16.0 Å². The number of hydrogen-bond donors (Lipinski definition) is 3. The van der Waals surface area contributed by atoms with Crippen LogP contribution in [-0.2, 0) is 33.4 Å². The largest absolute Gasteiger partial charge is 0.460 e. The van der Waals surface area contributed by atoms with Gasteiger partial charge in [-0.2, -0.15) is 0 Å². The van der Waals surface area contributed by atoms with Crippen molar-refractivity contribution in [2.75, 3.05) is 6.54 Å². The van der Waals surface area contributed by atoms with Crippen molar-refractivity contribution in [2.24, 2.45) is 0 Å². The van der Waals surface area contributed by atoms with Gasteiger partial charge in [0.05, 0.1) is 0 Å². The third-order valence-corrected chi connectivity index (χ3v) is 4.61. The molecule has 2 atom stereocenters. The van der Waals surface area contributed by atoms with E-state index in [0.717, 1.165) is 0 Å². The molecule has 0 unspecified atom stereocenters. The van der Waals surface area contributed by atoms with Crippen LogP contribution in [0.15, 0.2) is 0 Å². The molecule has 3 amide bonds. The summed E-state index contributed by atoms with van der Waals surface area (Å²) in [7, 11) is 0. The number of unbranched alkanes of at least 4 members (excludes halogenated alkanes) is 1. The Kier molecular flexibility index (Phi) is 14.4. The molecule has 0 radical (unpaired) electrons. The van der Waals surface area contributed by atoms with Crippen LogP contribution in [0.2, 0.25) is 0 Å². The van der Waals surface area contributed by atoms with E-state index in [4.69, 9.17) is 14.2 Å². The van der Waals surface area contributed by atoms with Crippen LogP contribution in [0.5, 0.6) is 0 Å². The first-order chi connectivity index (χ1) is 17.2. The highest BCUT2D eigenvalue weighted by Gasteiger charge is 2.31. The highest BCUT2D eigenvalue weighted by atomic mass is 16.6. The minimum Gasteiger partial charge on any atom is -0.460 e. The summed E-state index contributed by atoms with van der Waals surface area (Å²) >= 11 is 0. The second kappa shape index (κ2) is 15.5. The van der Waals surface area contributed by atoms with E-state index in [1.165, 1.54) is 0 Å². The molecule has 0 fully saturated rings.